The fourth-order valence-corrected chi connectivity index (χ4v) is 5.47. The molecule has 1 aromatic carbocycles. The number of hydrogen-bond donors (Lipinski definition) is 0. The second kappa shape index (κ2) is 7.84. The smallest absolute Gasteiger partial charge is 0.227 e. The Labute approximate surface area is 165 Å². The summed E-state index contributed by atoms with van der Waals surface area (Å²) in [4.78, 5) is 19.6. The highest BCUT2D eigenvalue weighted by molar-refractivity contribution is 7.15. The topological polar surface area (TPSA) is 47.3 Å². The highest BCUT2D eigenvalue weighted by Crippen LogP contribution is 2.41. The molecule has 27 heavy (non-hydrogen) atoms. The molecule has 4 nitrogen and oxygen atoms in total. The van der Waals surface area contributed by atoms with Gasteiger partial charge in [0.05, 0.1) is 23.6 Å². The molecule has 2 atom stereocenters. The normalized spacial score (nSPS) is 23.6. The van der Waals surface area contributed by atoms with E-state index in [1.54, 1.807) is 11.3 Å². The van der Waals surface area contributed by atoms with Gasteiger partial charge in [-0.3, -0.25) is 4.79 Å². The summed E-state index contributed by atoms with van der Waals surface area (Å²) < 4.78 is 0. The fraction of sp³-hybridized carbons (Fsp3) is 0.455. The summed E-state index contributed by atoms with van der Waals surface area (Å²) in [5.74, 6) is 0.401. The summed E-state index contributed by atoms with van der Waals surface area (Å²) in [5.41, 5.74) is 1.75. The lowest BCUT2D eigenvalue weighted by molar-refractivity contribution is -0.131. The van der Waals surface area contributed by atoms with E-state index in [-0.39, 0.29) is 17.9 Å². The van der Waals surface area contributed by atoms with Gasteiger partial charge in [-0.15, -0.1) is 11.3 Å². The summed E-state index contributed by atoms with van der Waals surface area (Å²) in [6, 6.07) is 14.4. The zero-order valence-electron chi connectivity index (χ0n) is 15.7. The van der Waals surface area contributed by atoms with Gasteiger partial charge >= 0.3 is 0 Å². The molecule has 4 rings (SSSR count). The first-order chi connectivity index (χ1) is 13.2. The van der Waals surface area contributed by atoms with Crippen molar-refractivity contribution in [3.05, 3.63) is 46.8 Å². The number of piperidine rings is 1. The second-order valence-corrected chi connectivity index (χ2v) is 8.77. The van der Waals surface area contributed by atoms with E-state index < -0.39 is 0 Å². The van der Waals surface area contributed by atoms with Crippen LogP contribution in [0, 0.1) is 17.2 Å². The van der Waals surface area contributed by atoms with Crippen LogP contribution in [0.15, 0.2) is 36.4 Å². The van der Waals surface area contributed by atoms with E-state index in [4.69, 9.17) is 5.26 Å². The van der Waals surface area contributed by atoms with Crippen LogP contribution in [-0.2, 0) is 4.79 Å². The molecule has 3 heterocycles. The van der Waals surface area contributed by atoms with E-state index in [0.29, 0.717) is 5.56 Å². The average molecular weight is 380 g/mol. The number of carbonyl (C=O) groups is 1. The first-order valence-electron chi connectivity index (χ1n) is 9.75. The third kappa shape index (κ3) is 3.78. The van der Waals surface area contributed by atoms with E-state index in [1.807, 2.05) is 36.2 Å². The molecule has 0 spiro atoms. The van der Waals surface area contributed by atoms with Crippen molar-refractivity contribution in [2.24, 2.45) is 5.92 Å². The van der Waals surface area contributed by atoms with Crippen molar-refractivity contribution >= 4 is 17.2 Å². The average Bonchev–Trinajstić information content (AvgIpc) is 3.30. The predicted molar refractivity (Wildman–Crippen MR) is 108 cm³/mol. The number of likely N-dealkylation sites (tertiary alicyclic amines) is 2. The van der Waals surface area contributed by atoms with Crippen LogP contribution in [0.25, 0.3) is 10.4 Å². The Balaban J connectivity index is 1.49. The molecule has 2 saturated heterocycles. The van der Waals surface area contributed by atoms with Crippen molar-refractivity contribution in [3.63, 3.8) is 0 Å². The molecule has 2 unspecified atom stereocenters. The van der Waals surface area contributed by atoms with Crippen LogP contribution in [0.2, 0.25) is 0 Å². The predicted octanol–water partition coefficient (Wildman–Crippen LogP) is 4.29. The third-order valence-electron chi connectivity index (χ3n) is 5.83. The van der Waals surface area contributed by atoms with Gasteiger partial charge in [0, 0.05) is 23.3 Å². The van der Waals surface area contributed by atoms with Gasteiger partial charge in [0.25, 0.3) is 0 Å². The number of nitrogens with zero attached hydrogens (tertiary/aromatic N) is 3. The van der Waals surface area contributed by atoms with Crippen molar-refractivity contribution in [2.45, 2.75) is 31.7 Å². The van der Waals surface area contributed by atoms with Crippen LogP contribution < -0.4 is 0 Å². The van der Waals surface area contributed by atoms with Gasteiger partial charge in [-0.2, -0.15) is 5.26 Å². The van der Waals surface area contributed by atoms with E-state index in [1.165, 1.54) is 24.1 Å². The van der Waals surface area contributed by atoms with Crippen LogP contribution >= 0.6 is 11.3 Å². The Bertz CT molecular complexity index is 862. The molecule has 2 aromatic rings. The number of nitriles is 1. The van der Waals surface area contributed by atoms with Crippen molar-refractivity contribution in [3.8, 4) is 16.5 Å². The molecule has 2 aliphatic heterocycles. The number of thiophene rings is 1. The van der Waals surface area contributed by atoms with E-state index in [0.717, 1.165) is 36.5 Å². The lowest BCUT2D eigenvalue weighted by Crippen LogP contribution is -2.36. The Morgan fingerprint density at radius 2 is 2.00 bits per heavy atom. The quantitative estimate of drug-likeness (QED) is 0.796. The number of amides is 1. The minimum absolute atomic E-state index is 0.116. The first-order valence-corrected chi connectivity index (χ1v) is 10.6. The standard InChI is InChI=1S/C22H25N3OS/c1-24-19(13-18(22(24)26)15-25-10-3-2-4-11-25)21-9-8-20(27-21)17-7-5-6-16(12-17)14-23/h5-9,12,18-19H,2-4,10-11,13,15H2,1H3. The van der Waals surface area contributed by atoms with Crippen LogP contribution in [0.4, 0.5) is 0 Å². The minimum Gasteiger partial charge on any atom is -0.338 e. The Hall–Kier alpha value is -2.16. The van der Waals surface area contributed by atoms with Gasteiger partial charge in [-0.1, -0.05) is 18.6 Å². The van der Waals surface area contributed by atoms with Gasteiger partial charge in [-0.25, -0.2) is 0 Å². The van der Waals surface area contributed by atoms with Gasteiger partial charge in [-0.05, 0) is 62.2 Å². The van der Waals surface area contributed by atoms with Crippen molar-refractivity contribution in [1.29, 1.82) is 5.26 Å². The maximum atomic E-state index is 12.8. The monoisotopic (exact) mass is 379 g/mol. The number of carbonyl (C=O) groups excluding carboxylic acids is 1. The van der Waals surface area contributed by atoms with E-state index in [9.17, 15) is 4.79 Å². The molecule has 2 fully saturated rings. The molecule has 0 radical (unpaired) electrons. The van der Waals surface area contributed by atoms with Crippen molar-refractivity contribution in [1.82, 2.24) is 9.80 Å². The van der Waals surface area contributed by atoms with Gasteiger partial charge < -0.3 is 9.80 Å². The zero-order valence-corrected chi connectivity index (χ0v) is 16.5. The summed E-state index contributed by atoms with van der Waals surface area (Å²) in [6.07, 6.45) is 4.75. The van der Waals surface area contributed by atoms with Crippen LogP contribution in [-0.4, -0.2) is 42.4 Å². The summed E-state index contributed by atoms with van der Waals surface area (Å²) in [5, 5.41) is 9.12. The highest BCUT2D eigenvalue weighted by Gasteiger charge is 2.39. The number of benzene rings is 1. The molecule has 5 heteroatoms. The minimum atomic E-state index is 0.116. The molecular formula is C22H25N3OS. The van der Waals surface area contributed by atoms with Crippen molar-refractivity contribution in [2.75, 3.05) is 26.7 Å². The lowest BCUT2D eigenvalue weighted by atomic mass is 10.0. The molecule has 1 amide bonds. The van der Waals surface area contributed by atoms with Crippen LogP contribution in [0.1, 0.15) is 42.2 Å². The fourth-order valence-electron chi connectivity index (χ4n) is 4.31. The highest BCUT2D eigenvalue weighted by atomic mass is 32.1. The molecule has 0 N–H and O–H groups in total. The van der Waals surface area contributed by atoms with Gasteiger partial charge in [0.1, 0.15) is 0 Å². The Morgan fingerprint density at radius 1 is 1.19 bits per heavy atom. The zero-order chi connectivity index (χ0) is 18.8. The summed E-state index contributed by atoms with van der Waals surface area (Å²) in [7, 11) is 1.94. The number of hydrogen-bond acceptors (Lipinski definition) is 4. The maximum absolute atomic E-state index is 12.8. The Morgan fingerprint density at radius 3 is 2.78 bits per heavy atom. The molecule has 0 aliphatic carbocycles. The first kappa shape index (κ1) is 18.2. The van der Waals surface area contributed by atoms with Crippen LogP contribution in [0.3, 0.4) is 0 Å². The molecule has 0 saturated carbocycles. The number of rotatable bonds is 4. The molecular weight excluding hydrogens is 354 g/mol. The lowest BCUT2D eigenvalue weighted by Gasteiger charge is -2.28. The maximum Gasteiger partial charge on any atom is 0.227 e. The van der Waals surface area contributed by atoms with E-state index in [2.05, 4.69) is 23.1 Å². The summed E-state index contributed by atoms with van der Waals surface area (Å²) >= 11 is 1.74. The molecule has 140 valence electrons. The van der Waals surface area contributed by atoms with Crippen LogP contribution in [0.5, 0.6) is 0 Å². The molecule has 0 bridgehead atoms. The molecule has 2 aliphatic rings. The largest absolute Gasteiger partial charge is 0.338 e. The van der Waals surface area contributed by atoms with Gasteiger partial charge in [0.2, 0.25) is 5.91 Å². The van der Waals surface area contributed by atoms with Gasteiger partial charge in [0.15, 0.2) is 0 Å². The SMILES string of the molecule is CN1C(=O)C(CN2CCCCC2)CC1c1ccc(-c2cccc(C#N)c2)s1. The van der Waals surface area contributed by atoms with E-state index >= 15 is 0 Å². The Kier molecular flexibility index (Phi) is 5.29. The molecule has 1 aromatic heterocycles. The van der Waals surface area contributed by atoms with Crippen molar-refractivity contribution < 1.29 is 4.79 Å². The second-order valence-electron chi connectivity index (χ2n) is 7.65. The summed E-state index contributed by atoms with van der Waals surface area (Å²) in [6.45, 7) is 3.18. The third-order valence-corrected chi connectivity index (χ3v) is 7.07.